The molecule has 3 rings (SSSR count). The van der Waals surface area contributed by atoms with Gasteiger partial charge in [-0.05, 0) is 48.2 Å². The van der Waals surface area contributed by atoms with Crippen LogP contribution in [0, 0.1) is 0 Å². The number of ether oxygens (including phenoxy) is 1. The SMILES string of the molecule is COc1cccc(CCc2n[nH]c(Cc3cccc(Cl)c3)c2C(N)=O)c1. The second-order valence-corrected chi connectivity index (χ2v) is 6.48. The lowest BCUT2D eigenvalue weighted by Gasteiger charge is -2.05. The summed E-state index contributed by atoms with van der Waals surface area (Å²) in [6.07, 6.45) is 1.86. The third kappa shape index (κ3) is 4.24. The molecule has 134 valence electrons. The van der Waals surface area contributed by atoms with Gasteiger partial charge in [0, 0.05) is 11.4 Å². The van der Waals surface area contributed by atoms with E-state index < -0.39 is 5.91 Å². The quantitative estimate of drug-likeness (QED) is 0.668. The summed E-state index contributed by atoms with van der Waals surface area (Å²) in [5.74, 6) is 0.331. The summed E-state index contributed by atoms with van der Waals surface area (Å²) < 4.78 is 5.24. The van der Waals surface area contributed by atoms with Gasteiger partial charge in [-0.2, -0.15) is 5.10 Å². The maximum Gasteiger partial charge on any atom is 0.252 e. The summed E-state index contributed by atoms with van der Waals surface area (Å²) in [4.78, 5) is 12.0. The first-order valence-electron chi connectivity index (χ1n) is 8.30. The number of nitrogens with one attached hydrogen (secondary N) is 1. The Morgan fingerprint density at radius 3 is 2.65 bits per heavy atom. The highest BCUT2D eigenvalue weighted by Crippen LogP contribution is 2.20. The third-order valence-corrected chi connectivity index (χ3v) is 4.45. The normalized spacial score (nSPS) is 10.7. The predicted octanol–water partition coefficient (Wildman–Crippen LogP) is 3.55. The van der Waals surface area contributed by atoms with Crippen LogP contribution in [0.15, 0.2) is 48.5 Å². The molecule has 0 aliphatic heterocycles. The van der Waals surface area contributed by atoms with E-state index in [1.54, 1.807) is 7.11 Å². The lowest BCUT2D eigenvalue weighted by atomic mass is 10.0. The Labute approximate surface area is 157 Å². The third-order valence-electron chi connectivity index (χ3n) is 4.22. The lowest BCUT2D eigenvalue weighted by Crippen LogP contribution is -2.15. The minimum absolute atomic E-state index is 0.466. The van der Waals surface area contributed by atoms with Crippen LogP contribution in [0.25, 0.3) is 0 Å². The van der Waals surface area contributed by atoms with Crippen molar-refractivity contribution in [3.05, 3.63) is 81.6 Å². The maximum atomic E-state index is 12.0. The zero-order chi connectivity index (χ0) is 18.5. The summed E-state index contributed by atoms with van der Waals surface area (Å²) in [5.41, 5.74) is 9.56. The van der Waals surface area contributed by atoms with Gasteiger partial charge in [-0.15, -0.1) is 0 Å². The molecule has 0 atom stereocenters. The van der Waals surface area contributed by atoms with Gasteiger partial charge in [0.25, 0.3) is 5.91 Å². The summed E-state index contributed by atoms with van der Waals surface area (Å²) in [7, 11) is 1.64. The second kappa shape index (κ2) is 8.06. The van der Waals surface area contributed by atoms with Gasteiger partial charge in [-0.1, -0.05) is 35.9 Å². The summed E-state index contributed by atoms with van der Waals surface area (Å²) in [5, 5.41) is 7.94. The molecule has 3 aromatic rings. The van der Waals surface area contributed by atoms with E-state index in [1.807, 2.05) is 48.5 Å². The number of carbonyl (C=O) groups excluding carboxylic acids is 1. The van der Waals surface area contributed by atoms with Crippen LogP contribution in [0.3, 0.4) is 0 Å². The van der Waals surface area contributed by atoms with E-state index in [-0.39, 0.29) is 0 Å². The largest absolute Gasteiger partial charge is 0.497 e. The average Bonchev–Trinajstić information content (AvgIpc) is 3.03. The van der Waals surface area contributed by atoms with Crippen molar-refractivity contribution < 1.29 is 9.53 Å². The number of H-pyrrole nitrogens is 1. The zero-order valence-electron chi connectivity index (χ0n) is 14.5. The molecular weight excluding hydrogens is 350 g/mol. The maximum absolute atomic E-state index is 12.0. The summed E-state index contributed by atoms with van der Waals surface area (Å²) in [6.45, 7) is 0. The van der Waals surface area contributed by atoms with E-state index in [4.69, 9.17) is 22.1 Å². The fourth-order valence-electron chi connectivity index (χ4n) is 2.96. The average molecular weight is 370 g/mol. The summed E-state index contributed by atoms with van der Waals surface area (Å²) in [6, 6.07) is 15.3. The molecule has 5 nitrogen and oxygen atoms in total. The number of nitrogens with two attached hydrogens (primary N) is 1. The number of aromatic amines is 1. The number of methoxy groups -OCH3 is 1. The van der Waals surface area contributed by atoms with E-state index in [1.165, 1.54) is 0 Å². The Morgan fingerprint density at radius 1 is 1.15 bits per heavy atom. The molecule has 1 amide bonds. The van der Waals surface area contributed by atoms with Crippen LogP contribution in [0.5, 0.6) is 5.75 Å². The molecule has 0 saturated carbocycles. The van der Waals surface area contributed by atoms with E-state index in [0.29, 0.717) is 34.8 Å². The van der Waals surface area contributed by atoms with Crippen LogP contribution in [-0.2, 0) is 19.3 Å². The molecule has 0 unspecified atom stereocenters. The minimum Gasteiger partial charge on any atom is -0.497 e. The Hall–Kier alpha value is -2.79. The van der Waals surface area contributed by atoms with E-state index in [2.05, 4.69) is 10.2 Å². The van der Waals surface area contributed by atoms with Gasteiger partial charge in [-0.3, -0.25) is 9.89 Å². The highest BCUT2D eigenvalue weighted by atomic mass is 35.5. The molecule has 0 aliphatic rings. The zero-order valence-corrected chi connectivity index (χ0v) is 15.2. The van der Waals surface area contributed by atoms with E-state index in [9.17, 15) is 4.79 Å². The van der Waals surface area contributed by atoms with Gasteiger partial charge < -0.3 is 10.5 Å². The molecule has 1 heterocycles. The van der Waals surface area contributed by atoms with Crippen LogP contribution >= 0.6 is 11.6 Å². The fraction of sp³-hybridized carbons (Fsp3) is 0.200. The van der Waals surface area contributed by atoms with Gasteiger partial charge in [0.15, 0.2) is 0 Å². The predicted molar refractivity (Wildman–Crippen MR) is 102 cm³/mol. The smallest absolute Gasteiger partial charge is 0.252 e. The lowest BCUT2D eigenvalue weighted by molar-refractivity contribution is 0.0998. The van der Waals surface area contributed by atoms with Gasteiger partial charge in [-0.25, -0.2) is 0 Å². The van der Waals surface area contributed by atoms with Crippen molar-refractivity contribution in [2.24, 2.45) is 5.73 Å². The van der Waals surface area contributed by atoms with Crippen molar-refractivity contribution in [3.63, 3.8) is 0 Å². The summed E-state index contributed by atoms with van der Waals surface area (Å²) >= 11 is 6.03. The standard InChI is InChI=1S/C20H20ClN3O2/c1-26-16-7-3-4-13(11-16)8-9-17-19(20(22)25)18(24-23-17)12-14-5-2-6-15(21)10-14/h2-7,10-11H,8-9,12H2,1H3,(H2,22,25)(H,23,24). The highest BCUT2D eigenvalue weighted by molar-refractivity contribution is 6.30. The fourth-order valence-corrected chi connectivity index (χ4v) is 3.18. The number of halogens is 1. The van der Waals surface area contributed by atoms with E-state index >= 15 is 0 Å². The molecule has 0 radical (unpaired) electrons. The first-order valence-corrected chi connectivity index (χ1v) is 8.68. The number of hydrogen-bond acceptors (Lipinski definition) is 3. The Morgan fingerprint density at radius 2 is 1.92 bits per heavy atom. The number of nitrogens with zero attached hydrogens (tertiary/aromatic N) is 1. The van der Waals surface area contributed by atoms with Crippen LogP contribution < -0.4 is 10.5 Å². The number of aryl methyl sites for hydroxylation is 2. The molecule has 0 aliphatic carbocycles. The molecule has 0 spiro atoms. The van der Waals surface area contributed by atoms with Gasteiger partial charge in [0.1, 0.15) is 5.75 Å². The van der Waals surface area contributed by atoms with Crippen molar-refractivity contribution in [3.8, 4) is 5.75 Å². The van der Waals surface area contributed by atoms with E-state index in [0.717, 1.165) is 23.3 Å². The van der Waals surface area contributed by atoms with Crippen molar-refractivity contribution >= 4 is 17.5 Å². The van der Waals surface area contributed by atoms with Gasteiger partial charge in [0.05, 0.1) is 24.1 Å². The molecular formula is C20H20ClN3O2. The molecule has 0 bridgehead atoms. The number of rotatable bonds is 7. The number of carbonyl (C=O) groups is 1. The number of aromatic nitrogens is 2. The van der Waals surface area contributed by atoms with Crippen molar-refractivity contribution in [2.75, 3.05) is 7.11 Å². The molecule has 1 aromatic heterocycles. The van der Waals surface area contributed by atoms with Gasteiger partial charge >= 0.3 is 0 Å². The second-order valence-electron chi connectivity index (χ2n) is 6.05. The topological polar surface area (TPSA) is 81.0 Å². The Balaban J connectivity index is 1.79. The van der Waals surface area contributed by atoms with Crippen molar-refractivity contribution in [1.82, 2.24) is 10.2 Å². The molecule has 2 aromatic carbocycles. The first-order chi connectivity index (χ1) is 12.6. The molecule has 0 saturated heterocycles. The molecule has 6 heteroatoms. The van der Waals surface area contributed by atoms with Gasteiger partial charge in [0.2, 0.25) is 0 Å². The minimum atomic E-state index is -0.476. The first kappa shape index (κ1) is 18.0. The molecule has 26 heavy (non-hydrogen) atoms. The van der Waals surface area contributed by atoms with Crippen LogP contribution in [-0.4, -0.2) is 23.2 Å². The number of amides is 1. The number of hydrogen-bond donors (Lipinski definition) is 2. The Bertz CT molecular complexity index is 921. The number of primary amides is 1. The highest BCUT2D eigenvalue weighted by Gasteiger charge is 2.18. The Kier molecular flexibility index (Phi) is 5.58. The molecule has 0 fully saturated rings. The van der Waals surface area contributed by atoms with Crippen LogP contribution in [0.1, 0.15) is 32.9 Å². The van der Waals surface area contributed by atoms with Crippen molar-refractivity contribution in [2.45, 2.75) is 19.3 Å². The van der Waals surface area contributed by atoms with Crippen molar-refractivity contribution in [1.29, 1.82) is 0 Å². The monoisotopic (exact) mass is 369 g/mol. The number of benzene rings is 2. The van der Waals surface area contributed by atoms with Crippen LogP contribution in [0.2, 0.25) is 5.02 Å². The molecule has 3 N–H and O–H groups in total. The van der Waals surface area contributed by atoms with Crippen LogP contribution in [0.4, 0.5) is 0 Å².